The van der Waals surface area contributed by atoms with E-state index >= 15 is 0 Å². The molecule has 6 nitrogen and oxygen atoms in total. The monoisotopic (exact) mass is 410 g/mol. The van der Waals surface area contributed by atoms with Crippen molar-refractivity contribution in [3.63, 3.8) is 0 Å². The molecule has 7 heteroatoms. The molecule has 0 bridgehead atoms. The third-order valence-corrected chi connectivity index (χ3v) is 6.94. The molecule has 0 spiro atoms. The lowest BCUT2D eigenvalue weighted by Crippen LogP contribution is -2.45. The highest BCUT2D eigenvalue weighted by molar-refractivity contribution is 8.06. The SMILES string of the molecule is Nc1ccc(OC2CCNCC2)cc1C(=[NH2+])S(=O)(=O)c1cccc2ccccc12. The number of hydrogen-bond acceptors (Lipinski definition) is 5. The van der Waals surface area contributed by atoms with Crippen LogP contribution in [0.25, 0.3) is 10.8 Å². The number of piperidine rings is 1. The summed E-state index contributed by atoms with van der Waals surface area (Å²) in [6, 6.07) is 17.5. The molecule has 0 atom stereocenters. The molecule has 1 saturated heterocycles. The molecule has 1 aliphatic heterocycles. The van der Waals surface area contributed by atoms with Crippen molar-refractivity contribution in [3.8, 4) is 5.75 Å². The fourth-order valence-electron chi connectivity index (χ4n) is 3.62. The molecule has 150 valence electrons. The van der Waals surface area contributed by atoms with Crippen LogP contribution in [0.2, 0.25) is 0 Å². The predicted molar refractivity (Wildman–Crippen MR) is 115 cm³/mol. The first-order valence-corrected chi connectivity index (χ1v) is 11.1. The van der Waals surface area contributed by atoms with Crippen LogP contribution >= 0.6 is 0 Å². The van der Waals surface area contributed by atoms with Crippen LogP contribution in [-0.4, -0.2) is 32.7 Å². The van der Waals surface area contributed by atoms with E-state index in [4.69, 9.17) is 15.9 Å². The van der Waals surface area contributed by atoms with E-state index in [9.17, 15) is 8.42 Å². The highest BCUT2D eigenvalue weighted by Crippen LogP contribution is 2.28. The van der Waals surface area contributed by atoms with Crippen molar-refractivity contribution >= 4 is 31.3 Å². The maximum atomic E-state index is 13.3. The van der Waals surface area contributed by atoms with Gasteiger partial charge in [0.1, 0.15) is 11.9 Å². The molecule has 1 aliphatic rings. The Kier molecular flexibility index (Phi) is 5.25. The van der Waals surface area contributed by atoms with Crippen molar-refractivity contribution < 1.29 is 18.6 Å². The van der Waals surface area contributed by atoms with Crippen LogP contribution in [0.15, 0.2) is 65.6 Å². The van der Waals surface area contributed by atoms with Crippen molar-refractivity contribution in [2.75, 3.05) is 18.8 Å². The summed E-state index contributed by atoms with van der Waals surface area (Å²) >= 11 is 0. The second-order valence-corrected chi connectivity index (χ2v) is 9.05. The molecule has 5 N–H and O–H groups in total. The number of anilines is 1. The van der Waals surface area contributed by atoms with Gasteiger partial charge in [-0.05, 0) is 55.6 Å². The molecule has 0 aromatic heterocycles. The number of fused-ring (bicyclic) bond motifs is 1. The molecule has 0 unspecified atom stereocenters. The first-order chi connectivity index (χ1) is 14.0. The minimum atomic E-state index is -3.94. The van der Waals surface area contributed by atoms with Gasteiger partial charge in [-0.15, -0.1) is 0 Å². The quantitative estimate of drug-likeness (QED) is 0.344. The lowest BCUT2D eigenvalue weighted by atomic mass is 10.1. The van der Waals surface area contributed by atoms with E-state index in [1.54, 1.807) is 42.5 Å². The largest absolute Gasteiger partial charge is 0.490 e. The number of rotatable bonds is 4. The smallest absolute Gasteiger partial charge is 0.303 e. The molecule has 0 saturated carbocycles. The molecular weight excluding hydrogens is 386 g/mol. The van der Waals surface area contributed by atoms with E-state index in [-0.39, 0.29) is 21.6 Å². The van der Waals surface area contributed by atoms with Crippen LogP contribution in [0, 0.1) is 0 Å². The lowest BCUT2D eigenvalue weighted by molar-refractivity contribution is -0.108. The van der Waals surface area contributed by atoms with Gasteiger partial charge in [0.05, 0.1) is 10.5 Å². The average Bonchev–Trinajstić information content (AvgIpc) is 2.75. The van der Waals surface area contributed by atoms with Crippen molar-refractivity contribution in [1.29, 1.82) is 0 Å². The third kappa shape index (κ3) is 3.83. The first kappa shape index (κ1) is 19.4. The van der Waals surface area contributed by atoms with E-state index in [0.717, 1.165) is 31.3 Å². The van der Waals surface area contributed by atoms with E-state index in [1.165, 1.54) is 0 Å². The van der Waals surface area contributed by atoms with Gasteiger partial charge in [-0.2, -0.15) is 0 Å². The molecule has 0 amide bonds. The third-order valence-electron chi connectivity index (χ3n) is 5.21. The Morgan fingerprint density at radius 3 is 2.55 bits per heavy atom. The van der Waals surface area contributed by atoms with Gasteiger partial charge < -0.3 is 15.8 Å². The Balaban J connectivity index is 1.70. The Labute approximate surface area is 170 Å². The summed E-state index contributed by atoms with van der Waals surface area (Å²) in [7, 11) is -3.94. The first-order valence-electron chi connectivity index (χ1n) is 9.59. The second kappa shape index (κ2) is 7.85. The summed E-state index contributed by atoms with van der Waals surface area (Å²) in [6.45, 7) is 1.80. The number of ether oxygens (including phenoxy) is 1. The fourth-order valence-corrected chi connectivity index (χ4v) is 5.06. The topological polar surface area (TPSA) is 107 Å². The number of hydrogen-bond donors (Lipinski definition) is 3. The van der Waals surface area contributed by atoms with Gasteiger partial charge in [-0.1, -0.05) is 36.4 Å². The van der Waals surface area contributed by atoms with Crippen molar-refractivity contribution in [2.45, 2.75) is 23.8 Å². The summed E-state index contributed by atoms with van der Waals surface area (Å²) in [6.07, 6.45) is 1.88. The van der Waals surface area contributed by atoms with Gasteiger partial charge in [-0.25, -0.2) is 13.8 Å². The summed E-state index contributed by atoms with van der Waals surface area (Å²) in [5.74, 6) is 0.567. The zero-order valence-electron chi connectivity index (χ0n) is 16.0. The summed E-state index contributed by atoms with van der Waals surface area (Å²) in [5.41, 5.74) is 6.64. The predicted octanol–water partition coefficient (Wildman–Crippen LogP) is 1.53. The van der Waals surface area contributed by atoms with Gasteiger partial charge in [0, 0.05) is 11.1 Å². The van der Waals surface area contributed by atoms with Crippen molar-refractivity contribution in [3.05, 3.63) is 66.2 Å². The van der Waals surface area contributed by atoms with Crippen molar-refractivity contribution in [2.24, 2.45) is 0 Å². The maximum Gasteiger partial charge on any atom is 0.303 e. The average molecular weight is 411 g/mol. The molecule has 1 heterocycles. The van der Waals surface area contributed by atoms with Crippen LogP contribution in [0.1, 0.15) is 18.4 Å². The number of nitrogens with one attached hydrogen (secondary N) is 1. The molecule has 0 aliphatic carbocycles. The number of benzene rings is 3. The van der Waals surface area contributed by atoms with Crippen LogP contribution < -0.4 is 21.2 Å². The van der Waals surface area contributed by atoms with E-state index in [1.807, 2.05) is 18.2 Å². The Hall–Kier alpha value is -2.90. The Bertz CT molecular complexity index is 1160. The van der Waals surface area contributed by atoms with Crippen molar-refractivity contribution in [1.82, 2.24) is 5.32 Å². The molecule has 1 fully saturated rings. The number of nitrogen functional groups attached to an aromatic ring is 1. The second-order valence-electron chi connectivity index (χ2n) is 7.16. The van der Waals surface area contributed by atoms with Crippen LogP contribution in [0.3, 0.4) is 0 Å². The van der Waals surface area contributed by atoms with Crippen LogP contribution in [0.5, 0.6) is 5.75 Å². The van der Waals surface area contributed by atoms with Gasteiger partial charge in [0.15, 0.2) is 0 Å². The highest BCUT2D eigenvalue weighted by atomic mass is 32.2. The van der Waals surface area contributed by atoms with Crippen LogP contribution in [0.4, 0.5) is 5.69 Å². The van der Waals surface area contributed by atoms with Gasteiger partial charge in [-0.3, -0.25) is 0 Å². The Morgan fingerprint density at radius 1 is 1.03 bits per heavy atom. The summed E-state index contributed by atoms with van der Waals surface area (Å²) in [5, 5.41) is 10.6. The molecule has 3 aromatic rings. The standard InChI is InChI=1S/C22H23N3O3S/c23-20-9-8-17(28-16-10-12-25-13-11-16)14-19(20)22(24)29(26,27)21-7-3-5-15-4-1-2-6-18(15)21/h1-9,14,16,24-25H,10-13,23H2/p+1. The van der Waals surface area contributed by atoms with E-state index in [0.29, 0.717) is 16.8 Å². The van der Waals surface area contributed by atoms with Gasteiger partial charge >= 0.3 is 5.04 Å². The van der Waals surface area contributed by atoms with E-state index < -0.39 is 9.84 Å². The summed E-state index contributed by atoms with van der Waals surface area (Å²) < 4.78 is 32.7. The molecule has 3 aromatic carbocycles. The lowest BCUT2D eigenvalue weighted by Gasteiger charge is -2.24. The summed E-state index contributed by atoms with van der Waals surface area (Å²) in [4.78, 5) is 0.164. The molecule has 29 heavy (non-hydrogen) atoms. The number of sulfone groups is 1. The Morgan fingerprint density at radius 2 is 1.76 bits per heavy atom. The maximum absolute atomic E-state index is 13.3. The van der Waals surface area contributed by atoms with Crippen LogP contribution in [-0.2, 0) is 9.84 Å². The zero-order valence-corrected chi connectivity index (χ0v) is 16.8. The highest BCUT2D eigenvalue weighted by Gasteiger charge is 2.31. The van der Waals surface area contributed by atoms with Gasteiger partial charge in [0.25, 0.3) is 9.84 Å². The minimum absolute atomic E-state index is 0.0867. The van der Waals surface area contributed by atoms with E-state index in [2.05, 4.69) is 5.32 Å². The number of nitrogens with two attached hydrogens (primary N) is 2. The normalized spacial score (nSPS) is 15.3. The zero-order chi connectivity index (χ0) is 20.4. The molecule has 0 radical (unpaired) electrons. The fraction of sp³-hybridized carbons (Fsp3) is 0.227. The molecular formula is C22H24N3O3S+. The molecule has 4 rings (SSSR count). The minimum Gasteiger partial charge on any atom is -0.490 e. The van der Waals surface area contributed by atoms with Gasteiger partial charge in [0.2, 0.25) is 0 Å².